The monoisotopic (exact) mass is 619 g/mol. The Morgan fingerprint density at radius 3 is 2.74 bits per heavy atom. The molecule has 0 aliphatic carbocycles. The predicted octanol–water partition coefficient (Wildman–Crippen LogP) is 3.98. The third-order valence-electron chi connectivity index (χ3n) is 6.75. The Labute approximate surface area is 247 Å². The molecule has 12 nitrogen and oxygen atoms in total. The van der Waals surface area contributed by atoms with Gasteiger partial charge in [0.2, 0.25) is 0 Å². The molecular weight excluding hydrogens is 591 g/mol. The van der Waals surface area contributed by atoms with Crippen LogP contribution in [0.3, 0.4) is 0 Å². The number of rotatable bonds is 12. The predicted molar refractivity (Wildman–Crippen MR) is 150 cm³/mol. The SMILES string of the molecule is COc1ccc(Cn2ncc(NC(C)COCc3nc(C4CCN(c5nc(C=O)cs5)C4)no3)c(C(F)(F)F)c2=O)cc1. The maximum absolute atomic E-state index is 13.9. The second-order valence-electron chi connectivity index (χ2n) is 9.95. The molecule has 0 bridgehead atoms. The van der Waals surface area contributed by atoms with Gasteiger partial charge in [-0.05, 0) is 31.0 Å². The lowest BCUT2D eigenvalue weighted by Gasteiger charge is -2.19. The maximum Gasteiger partial charge on any atom is 0.423 e. The first-order valence-electron chi connectivity index (χ1n) is 13.3. The number of ether oxygens (including phenoxy) is 2. The number of carbonyl (C=O) groups excluding carboxylic acids is 1. The van der Waals surface area contributed by atoms with Crippen molar-refractivity contribution in [1.82, 2.24) is 24.9 Å². The van der Waals surface area contributed by atoms with Crippen LogP contribution >= 0.6 is 11.3 Å². The highest BCUT2D eigenvalue weighted by atomic mass is 32.1. The molecule has 0 radical (unpaired) electrons. The number of nitrogens with one attached hydrogen (secondary N) is 1. The Morgan fingerprint density at radius 2 is 2.05 bits per heavy atom. The third kappa shape index (κ3) is 7.19. The summed E-state index contributed by atoms with van der Waals surface area (Å²) in [7, 11) is 1.50. The van der Waals surface area contributed by atoms with E-state index in [2.05, 4.69) is 30.4 Å². The van der Waals surface area contributed by atoms with E-state index >= 15 is 0 Å². The van der Waals surface area contributed by atoms with Crippen molar-refractivity contribution in [2.75, 3.05) is 37.0 Å². The minimum atomic E-state index is -4.91. The van der Waals surface area contributed by atoms with Crippen LogP contribution < -0.4 is 20.5 Å². The molecule has 16 heteroatoms. The Kier molecular flexibility index (Phi) is 9.05. The van der Waals surface area contributed by atoms with Gasteiger partial charge in [0.1, 0.15) is 23.6 Å². The molecule has 3 aromatic heterocycles. The van der Waals surface area contributed by atoms with E-state index in [0.717, 1.165) is 29.0 Å². The lowest BCUT2D eigenvalue weighted by molar-refractivity contribution is -0.138. The topological polar surface area (TPSA) is 138 Å². The van der Waals surface area contributed by atoms with Crippen LogP contribution in [0.2, 0.25) is 0 Å². The van der Waals surface area contributed by atoms with Gasteiger partial charge in [0.05, 0.1) is 32.1 Å². The van der Waals surface area contributed by atoms with Crippen molar-refractivity contribution in [1.29, 1.82) is 0 Å². The maximum atomic E-state index is 13.9. The number of benzene rings is 1. The van der Waals surface area contributed by atoms with Crippen molar-refractivity contribution in [2.24, 2.45) is 0 Å². The summed E-state index contributed by atoms with van der Waals surface area (Å²) in [5.41, 5.74) is -2.05. The summed E-state index contributed by atoms with van der Waals surface area (Å²) in [6.07, 6.45) is -2.42. The molecule has 5 rings (SSSR count). The quantitative estimate of drug-likeness (QED) is 0.231. The molecule has 2 unspecified atom stereocenters. The smallest absolute Gasteiger partial charge is 0.423 e. The van der Waals surface area contributed by atoms with Crippen molar-refractivity contribution in [3.05, 3.63) is 74.7 Å². The lowest BCUT2D eigenvalue weighted by Crippen LogP contribution is -2.34. The van der Waals surface area contributed by atoms with Gasteiger partial charge in [0, 0.05) is 30.4 Å². The first-order chi connectivity index (χ1) is 20.6. The standard InChI is InChI=1S/C27H28F3N7O5S/c1-16(13-41-14-22-34-24(35-42-22)18-7-8-36(11-18)26-33-19(12-38)15-43-26)32-21-9-31-37(25(39)23(21)27(28,29)30)10-17-3-5-20(40-2)6-4-17/h3-6,9,12,15-16,18,32H,7-8,10-11,13-14H2,1-2H3. The van der Waals surface area contributed by atoms with E-state index in [1.54, 1.807) is 36.6 Å². The van der Waals surface area contributed by atoms with E-state index in [4.69, 9.17) is 14.0 Å². The summed E-state index contributed by atoms with van der Waals surface area (Å²) in [5.74, 6) is 1.35. The van der Waals surface area contributed by atoms with Gasteiger partial charge < -0.3 is 24.2 Å². The number of alkyl halides is 3. The van der Waals surface area contributed by atoms with Crippen molar-refractivity contribution < 1.29 is 32.0 Å². The van der Waals surface area contributed by atoms with Crippen LogP contribution in [-0.4, -0.2) is 64.0 Å². The fraction of sp³-hybridized carbons (Fsp3) is 0.407. The molecule has 1 aromatic carbocycles. The number of carbonyl (C=O) groups is 1. The van der Waals surface area contributed by atoms with Crippen molar-refractivity contribution in [3.63, 3.8) is 0 Å². The van der Waals surface area contributed by atoms with Crippen LogP contribution in [0, 0.1) is 0 Å². The summed E-state index contributed by atoms with van der Waals surface area (Å²) >= 11 is 1.40. The molecule has 1 N–H and O–H groups in total. The second kappa shape index (κ2) is 12.9. The van der Waals surface area contributed by atoms with Crippen LogP contribution in [0.15, 0.2) is 45.2 Å². The third-order valence-corrected chi connectivity index (χ3v) is 7.67. The Hall–Kier alpha value is -4.31. The minimum Gasteiger partial charge on any atom is -0.497 e. The first kappa shape index (κ1) is 30.2. The molecule has 0 saturated carbocycles. The molecule has 2 atom stereocenters. The van der Waals surface area contributed by atoms with Crippen molar-refractivity contribution in [2.45, 2.75) is 44.6 Å². The highest BCUT2D eigenvalue weighted by Gasteiger charge is 2.38. The Balaban J connectivity index is 1.16. The first-order valence-corrected chi connectivity index (χ1v) is 14.1. The normalized spacial score (nSPS) is 15.9. The number of hydrogen-bond donors (Lipinski definition) is 1. The number of aromatic nitrogens is 5. The fourth-order valence-corrected chi connectivity index (χ4v) is 5.44. The second-order valence-corrected chi connectivity index (χ2v) is 10.8. The average molecular weight is 620 g/mol. The van der Waals surface area contributed by atoms with Crippen LogP contribution in [-0.2, 0) is 24.1 Å². The molecule has 1 saturated heterocycles. The fourth-order valence-electron chi connectivity index (χ4n) is 4.63. The van der Waals surface area contributed by atoms with Gasteiger partial charge in [-0.15, -0.1) is 11.3 Å². The lowest BCUT2D eigenvalue weighted by atomic mass is 10.1. The number of methoxy groups -OCH3 is 1. The summed E-state index contributed by atoms with van der Waals surface area (Å²) in [6.45, 7) is 2.79. The Bertz CT molecular complexity index is 1610. The minimum absolute atomic E-state index is 0.00966. The van der Waals surface area contributed by atoms with Crippen molar-refractivity contribution in [3.8, 4) is 5.75 Å². The van der Waals surface area contributed by atoms with E-state index in [1.807, 2.05) is 0 Å². The number of aldehydes is 1. The molecule has 4 heterocycles. The molecule has 1 aliphatic rings. The Morgan fingerprint density at radius 1 is 1.26 bits per heavy atom. The number of hydrogen-bond acceptors (Lipinski definition) is 12. The molecular formula is C27H28F3N7O5S. The van der Waals surface area contributed by atoms with Gasteiger partial charge in [0.15, 0.2) is 17.2 Å². The van der Waals surface area contributed by atoms with Crippen LogP contribution in [0.25, 0.3) is 0 Å². The summed E-state index contributed by atoms with van der Waals surface area (Å²) in [5, 5.41) is 13.2. The van der Waals surface area contributed by atoms with Gasteiger partial charge in [0.25, 0.3) is 11.4 Å². The molecule has 4 aromatic rings. The van der Waals surface area contributed by atoms with Crippen LogP contribution in [0.4, 0.5) is 24.0 Å². The van der Waals surface area contributed by atoms with E-state index in [0.29, 0.717) is 35.7 Å². The molecule has 0 spiro atoms. The van der Waals surface area contributed by atoms with Gasteiger partial charge >= 0.3 is 6.18 Å². The zero-order chi connectivity index (χ0) is 30.6. The van der Waals surface area contributed by atoms with E-state index in [-0.39, 0.29) is 31.6 Å². The number of nitrogens with zero attached hydrogens (tertiary/aromatic N) is 6. The number of anilines is 2. The molecule has 1 fully saturated rings. The summed E-state index contributed by atoms with van der Waals surface area (Å²) in [4.78, 5) is 34.5. The number of halogens is 3. The zero-order valence-electron chi connectivity index (χ0n) is 23.2. The molecule has 228 valence electrons. The van der Waals surface area contributed by atoms with E-state index in [1.165, 1.54) is 18.4 Å². The van der Waals surface area contributed by atoms with Gasteiger partial charge in [-0.3, -0.25) is 9.59 Å². The average Bonchev–Trinajstić information content (AvgIpc) is 3.75. The largest absolute Gasteiger partial charge is 0.497 e. The van der Waals surface area contributed by atoms with Gasteiger partial charge in [-0.2, -0.15) is 23.3 Å². The van der Waals surface area contributed by atoms with Crippen LogP contribution in [0.1, 0.15) is 52.6 Å². The van der Waals surface area contributed by atoms with E-state index in [9.17, 15) is 22.8 Å². The summed E-state index contributed by atoms with van der Waals surface area (Å²) < 4.78 is 58.6. The van der Waals surface area contributed by atoms with Gasteiger partial charge in [-0.25, -0.2) is 9.67 Å². The highest BCUT2D eigenvalue weighted by molar-refractivity contribution is 7.13. The molecule has 0 amide bonds. The zero-order valence-corrected chi connectivity index (χ0v) is 24.0. The van der Waals surface area contributed by atoms with Gasteiger partial charge in [-0.1, -0.05) is 17.3 Å². The highest BCUT2D eigenvalue weighted by Crippen LogP contribution is 2.33. The molecule has 43 heavy (non-hydrogen) atoms. The van der Waals surface area contributed by atoms with Crippen molar-refractivity contribution >= 4 is 28.4 Å². The summed E-state index contributed by atoms with van der Waals surface area (Å²) in [6, 6.07) is 5.98. The van der Waals surface area contributed by atoms with Crippen LogP contribution in [0.5, 0.6) is 5.75 Å². The molecule has 1 aliphatic heterocycles. The number of thiazole rings is 1. The van der Waals surface area contributed by atoms with E-state index < -0.39 is 29.0 Å².